The molecule has 0 heterocycles. The van der Waals surface area contributed by atoms with Crippen molar-refractivity contribution in [3.05, 3.63) is 65.6 Å². The molecule has 0 spiro atoms. The summed E-state index contributed by atoms with van der Waals surface area (Å²) in [5, 5.41) is 0. The SMILES string of the molecule is [Au+].[C-]#Cc1ccc2c(c1)Cc1ccccc1-2. The normalized spacial score (nSPS) is 10.9. The van der Waals surface area contributed by atoms with Gasteiger partial charge in [-0.15, -0.1) is 17.7 Å². The van der Waals surface area contributed by atoms with E-state index in [1.807, 2.05) is 6.07 Å². The minimum Gasteiger partial charge on any atom is -0.366 e. The van der Waals surface area contributed by atoms with Crippen molar-refractivity contribution in [2.75, 3.05) is 0 Å². The van der Waals surface area contributed by atoms with Gasteiger partial charge in [-0.05, 0) is 23.1 Å². The summed E-state index contributed by atoms with van der Waals surface area (Å²) in [6.45, 7) is 0. The van der Waals surface area contributed by atoms with Gasteiger partial charge in [-0.2, -0.15) is 0 Å². The number of benzene rings is 2. The molecule has 0 saturated heterocycles. The van der Waals surface area contributed by atoms with Gasteiger partial charge in [0.25, 0.3) is 0 Å². The van der Waals surface area contributed by atoms with Crippen LogP contribution < -0.4 is 0 Å². The molecule has 0 radical (unpaired) electrons. The largest absolute Gasteiger partial charge is 1.00 e. The van der Waals surface area contributed by atoms with Crippen molar-refractivity contribution < 1.29 is 22.4 Å². The van der Waals surface area contributed by atoms with E-state index < -0.39 is 0 Å². The van der Waals surface area contributed by atoms with E-state index in [-0.39, 0.29) is 22.4 Å². The Morgan fingerprint density at radius 2 is 1.69 bits per heavy atom. The number of hydrogen-bond acceptors (Lipinski definition) is 0. The minimum absolute atomic E-state index is 0. The first-order valence-corrected chi connectivity index (χ1v) is 5.02. The van der Waals surface area contributed by atoms with E-state index in [4.69, 9.17) is 6.42 Å². The summed E-state index contributed by atoms with van der Waals surface area (Å²) in [6.07, 6.45) is 8.10. The molecule has 2 aromatic rings. The molecule has 0 fully saturated rings. The van der Waals surface area contributed by atoms with Crippen molar-refractivity contribution in [3.63, 3.8) is 0 Å². The molecule has 1 aliphatic rings. The van der Waals surface area contributed by atoms with Gasteiger partial charge in [0.15, 0.2) is 0 Å². The molecule has 16 heavy (non-hydrogen) atoms. The van der Waals surface area contributed by atoms with Gasteiger partial charge < -0.3 is 6.42 Å². The third-order valence-corrected chi connectivity index (χ3v) is 2.94. The maximum absolute atomic E-state index is 7.12. The van der Waals surface area contributed by atoms with Crippen LogP contribution in [0.25, 0.3) is 11.1 Å². The summed E-state index contributed by atoms with van der Waals surface area (Å²) in [4.78, 5) is 0. The molecular formula is C15H9Au. The molecule has 0 unspecified atom stereocenters. The molecule has 2 aromatic carbocycles. The van der Waals surface area contributed by atoms with E-state index in [0.717, 1.165) is 12.0 Å². The fraction of sp³-hybridized carbons (Fsp3) is 0.0667. The third kappa shape index (κ3) is 1.64. The molecular weight excluding hydrogens is 377 g/mol. The van der Waals surface area contributed by atoms with Crippen LogP contribution in [0.5, 0.6) is 0 Å². The summed E-state index contributed by atoms with van der Waals surface area (Å²) in [6, 6.07) is 14.6. The number of rotatable bonds is 0. The first-order valence-electron chi connectivity index (χ1n) is 5.02. The summed E-state index contributed by atoms with van der Waals surface area (Å²) in [5.74, 6) is 2.43. The molecule has 0 aliphatic heterocycles. The molecule has 0 amide bonds. The van der Waals surface area contributed by atoms with Gasteiger partial charge in [-0.25, -0.2) is 0 Å². The molecule has 0 atom stereocenters. The zero-order valence-corrected chi connectivity index (χ0v) is 10.7. The maximum atomic E-state index is 7.12. The Morgan fingerprint density at radius 3 is 2.50 bits per heavy atom. The van der Waals surface area contributed by atoms with Gasteiger partial charge in [0.1, 0.15) is 0 Å². The van der Waals surface area contributed by atoms with Gasteiger partial charge in [0, 0.05) is 0 Å². The van der Waals surface area contributed by atoms with E-state index in [1.165, 1.54) is 22.3 Å². The van der Waals surface area contributed by atoms with Crippen molar-refractivity contribution in [1.29, 1.82) is 0 Å². The monoisotopic (exact) mass is 386 g/mol. The van der Waals surface area contributed by atoms with Crippen LogP contribution >= 0.6 is 0 Å². The summed E-state index contributed by atoms with van der Waals surface area (Å²) in [7, 11) is 0. The van der Waals surface area contributed by atoms with E-state index in [0.29, 0.717) is 0 Å². The maximum Gasteiger partial charge on any atom is 1.00 e. The Hall–Kier alpha value is -1.26. The Labute approximate surface area is 111 Å². The molecule has 0 aromatic heterocycles. The molecule has 1 heteroatoms. The van der Waals surface area contributed by atoms with Gasteiger partial charge in [0.2, 0.25) is 0 Å². The second kappa shape index (κ2) is 4.31. The predicted molar refractivity (Wildman–Crippen MR) is 60.9 cm³/mol. The summed E-state index contributed by atoms with van der Waals surface area (Å²) in [5.41, 5.74) is 6.21. The van der Waals surface area contributed by atoms with Crippen LogP contribution in [0.3, 0.4) is 0 Å². The zero-order valence-electron chi connectivity index (χ0n) is 8.55. The molecule has 0 saturated carbocycles. The van der Waals surface area contributed by atoms with Crippen LogP contribution in [0.2, 0.25) is 0 Å². The molecule has 1 aliphatic carbocycles. The van der Waals surface area contributed by atoms with Crippen LogP contribution in [0.4, 0.5) is 0 Å². The Kier molecular flexibility index (Phi) is 3.03. The standard InChI is InChI=1S/C15H9.Au/c1-2-11-7-8-15-13(9-11)10-12-5-3-4-6-14(12)15;/h3-9H,10H2;/q-1;+1. The van der Waals surface area contributed by atoms with Gasteiger partial charge >= 0.3 is 22.4 Å². The van der Waals surface area contributed by atoms with E-state index in [9.17, 15) is 0 Å². The number of fused-ring (bicyclic) bond motifs is 3. The Morgan fingerprint density at radius 1 is 0.938 bits per heavy atom. The summed E-state index contributed by atoms with van der Waals surface area (Å²) < 4.78 is 0. The third-order valence-electron chi connectivity index (χ3n) is 2.94. The van der Waals surface area contributed by atoms with Gasteiger partial charge in [0.05, 0.1) is 0 Å². The predicted octanol–water partition coefficient (Wildman–Crippen LogP) is 3.19. The van der Waals surface area contributed by atoms with E-state index in [1.54, 1.807) is 0 Å². The zero-order chi connectivity index (χ0) is 10.3. The molecule has 3 rings (SSSR count). The fourth-order valence-corrected chi connectivity index (χ4v) is 2.22. The van der Waals surface area contributed by atoms with Crippen LogP contribution in [-0.4, -0.2) is 0 Å². The average molecular weight is 386 g/mol. The molecule has 80 valence electrons. The first kappa shape index (κ1) is 11.2. The van der Waals surface area contributed by atoms with Crippen LogP contribution in [0.15, 0.2) is 42.5 Å². The smallest absolute Gasteiger partial charge is 0.366 e. The van der Waals surface area contributed by atoms with Crippen molar-refractivity contribution in [2.45, 2.75) is 6.42 Å². The van der Waals surface area contributed by atoms with Crippen LogP contribution in [-0.2, 0) is 28.8 Å². The fourth-order valence-electron chi connectivity index (χ4n) is 2.22. The second-order valence-corrected chi connectivity index (χ2v) is 3.83. The van der Waals surface area contributed by atoms with E-state index >= 15 is 0 Å². The quantitative estimate of drug-likeness (QED) is 0.316. The minimum atomic E-state index is 0. The van der Waals surface area contributed by atoms with E-state index in [2.05, 4.69) is 42.3 Å². The van der Waals surface area contributed by atoms with Crippen LogP contribution in [0.1, 0.15) is 16.7 Å². The van der Waals surface area contributed by atoms with Gasteiger partial charge in [-0.1, -0.05) is 35.9 Å². The molecule has 0 bridgehead atoms. The topological polar surface area (TPSA) is 0 Å². The Balaban J connectivity index is 0.000000963. The molecule has 0 nitrogen and oxygen atoms in total. The van der Waals surface area contributed by atoms with Crippen LogP contribution in [0, 0.1) is 12.3 Å². The average Bonchev–Trinajstić information content (AvgIpc) is 2.66. The second-order valence-electron chi connectivity index (χ2n) is 3.83. The summed E-state index contributed by atoms with van der Waals surface area (Å²) >= 11 is 0. The number of hydrogen-bond donors (Lipinski definition) is 0. The van der Waals surface area contributed by atoms with Crippen molar-refractivity contribution in [2.24, 2.45) is 0 Å². The molecule has 0 N–H and O–H groups in total. The van der Waals surface area contributed by atoms with Crippen molar-refractivity contribution in [1.82, 2.24) is 0 Å². The van der Waals surface area contributed by atoms with Crippen molar-refractivity contribution in [3.8, 4) is 17.0 Å². The van der Waals surface area contributed by atoms with Gasteiger partial charge in [-0.3, -0.25) is 5.92 Å². The Bertz CT molecular complexity index is 576. The van der Waals surface area contributed by atoms with Crippen molar-refractivity contribution >= 4 is 0 Å². The first-order chi connectivity index (χ1) is 7.38.